The van der Waals surface area contributed by atoms with Gasteiger partial charge in [0, 0.05) is 13.7 Å². The molecule has 11 heavy (non-hydrogen) atoms. The number of aliphatic hydroxyl groups is 1. The number of ether oxygens (including phenoxy) is 1. The molecular weight excluding hydrogens is 140 g/mol. The maximum Gasteiger partial charge on any atom is 0.0828 e. The summed E-state index contributed by atoms with van der Waals surface area (Å²) in [5, 5.41) is 8.52. The number of aliphatic hydroxyl groups excluding tert-OH is 1. The Hall–Kier alpha value is -0.340. The minimum atomic E-state index is -0.158. The molecule has 0 aliphatic heterocycles. The lowest BCUT2D eigenvalue weighted by molar-refractivity contribution is 0.0453. The molecule has 0 fully saturated rings. The number of hydrogen-bond acceptors (Lipinski definition) is 2. The highest BCUT2D eigenvalue weighted by Crippen LogP contribution is 2.15. The van der Waals surface area contributed by atoms with E-state index in [1.807, 2.05) is 19.1 Å². The predicted octanol–water partition coefficient (Wildman–Crippen LogP) is 1.74. The van der Waals surface area contributed by atoms with E-state index in [4.69, 9.17) is 9.84 Å². The lowest BCUT2D eigenvalue weighted by Gasteiger charge is -2.21. The Bertz CT molecular complexity index is 115. The van der Waals surface area contributed by atoms with Crippen LogP contribution in [0, 0.1) is 0 Å². The lowest BCUT2D eigenvalue weighted by atomic mass is 10.0. The molecule has 0 radical (unpaired) electrons. The molecule has 0 aromatic rings. The monoisotopic (exact) mass is 158 g/mol. The Balaban J connectivity index is 3.85. The Morgan fingerprint density at radius 1 is 1.55 bits per heavy atom. The van der Waals surface area contributed by atoms with Gasteiger partial charge in [-0.2, -0.15) is 0 Å². The molecule has 0 aromatic carbocycles. The van der Waals surface area contributed by atoms with E-state index in [2.05, 4.69) is 6.92 Å². The van der Waals surface area contributed by atoms with Crippen molar-refractivity contribution in [2.24, 2.45) is 0 Å². The molecule has 0 heterocycles. The van der Waals surface area contributed by atoms with Crippen LogP contribution in [0.5, 0.6) is 0 Å². The molecule has 0 spiro atoms. The SMILES string of the molecule is CCC(C)(/C=C/CCO)OC. The fourth-order valence-electron chi connectivity index (χ4n) is 0.737. The van der Waals surface area contributed by atoms with E-state index in [9.17, 15) is 0 Å². The van der Waals surface area contributed by atoms with Crippen LogP contribution in [-0.2, 0) is 4.74 Å². The first-order chi connectivity index (χ1) is 5.18. The number of rotatable bonds is 5. The van der Waals surface area contributed by atoms with Crippen molar-refractivity contribution >= 4 is 0 Å². The van der Waals surface area contributed by atoms with Gasteiger partial charge in [-0.25, -0.2) is 0 Å². The van der Waals surface area contributed by atoms with Gasteiger partial charge in [0.15, 0.2) is 0 Å². The third-order valence-corrected chi connectivity index (χ3v) is 1.93. The predicted molar refractivity (Wildman–Crippen MR) is 46.5 cm³/mol. The molecule has 2 heteroatoms. The van der Waals surface area contributed by atoms with Gasteiger partial charge in [0.1, 0.15) is 0 Å². The minimum absolute atomic E-state index is 0.158. The van der Waals surface area contributed by atoms with E-state index in [1.165, 1.54) is 0 Å². The first-order valence-electron chi connectivity index (χ1n) is 4.02. The standard InChI is InChI=1S/C9H18O2/c1-4-9(2,11-3)7-5-6-8-10/h5,7,10H,4,6,8H2,1-3H3/b7-5+. The highest BCUT2D eigenvalue weighted by Gasteiger charge is 2.15. The van der Waals surface area contributed by atoms with Crippen LogP contribution in [0.25, 0.3) is 0 Å². The van der Waals surface area contributed by atoms with Gasteiger partial charge in [-0.1, -0.05) is 19.1 Å². The fourth-order valence-corrected chi connectivity index (χ4v) is 0.737. The zero-order valence-electron chi connectivity index (χ0n) is 7.63. The molecule has 0 rings (SSSR count). The number of hydrogen-bond donors (Lipinski definition) is 1. The van der Waals surface area contributed by atoms with Gasteiger partial charge in [-0.15, -0.1) is 0 Å². The molecular formula is C9H18O2. The highest BCUT2D eigenvalue weighted by atomic mass is 16.5. The third-order valence-electron chi connectivity index (χ3n) is 1.93. The van der Waals surface area contributed by atoms with Gasteiger partial charge in [0.25, 0.3) is 0 Å². The smallest absolute Gasteiger partial charge is 0.0828 e. The van der Waals surface area contributed by atoms with E-state index >= 15 is 0 Å². The Kier molecular flexibility index (Phi) is 5.16. The summed E-state index contributed by atoms with van der Waals surface area (Å²) >= 11 is 0. The minimum Gasteiger partial charge on any atom is -0.396 e. The Morgan fingerprint density at radius 3 is 2.55 bits per heavy atom. The van der Waals surface area contributed by atoms with Crippen LogP contribution in [0.3, 0.4) is 0 Å². The van der Waals surface area contributed by atoms with E-state index in [0.717, 1.165) is 6.42 Å². The molecule has 1 atom stereocenters. The molecule has 2 nitrogen and oxygen atoms in total. The van der Waals surface area contributed by atoms with Crippen molar-refractivity contribution in [2.75, 3.05) is 13.7 Å². The van der Waals surface area contributed by atoms with Crippen LogP contribution in [-0.4, -0.2) is 24.4 Å². The average Bonchev–Trinajstić information content (AvgIpc) is 2.05. The van der Waals surface area contributed by atoms with Gasteiger partial charge in [-0.05, 0) is 19.8 Å². The fraction of sp³-hybridized carbons (Fsp3) is 0.778. The topological polar surface area (TPSA) is 29.5 Å². The highest BCUT2D eigenvalue weighted by molar-refractivity contribution is 4.98. The second-order valence-corrected chi connectivity index (χ2v) is 2.78. The molecule has 1 N–H and O–H groups in total. The van der Waals surface area contributed by atoms with Crippen molar-refractivity contribution in [1.29, 1.82) is 0 Å². The maximum absolute atomic E-state index is 8.52. The zero-order valence-corrected chi connectivity index (χ0v) is 7.63. The molecule has 0 aliphatic rings. The van der Waals surface area contributed by atoms with Crippen LogP contribution in [0.15, 0.2) is 12.2 Å². The van der Waals surface area contributed by atoms with Crippen LogP contribution in [0.2, 0.25) is 0 Å². The van der Waals surface area contributed by atoms with Crippen molar-refractivity contribution in [3.8, 4) is 0 Å². The molecule has 66 valence electrons. The summed E-state index contributed by atoms with van der Waals surface area (Å²) in [6.07, 6.45) is 5.61. The Labute approximate surface area is 68.9 Å². The summed E-state index contributed by atoms with van der Waals surface area (Å²) in [5.74, 6) is 0. The second-order valence-electron chi connectivity index (χ2n) is 2.78. The quantitative estimate of drug-likeness (QED) is 0.617. The summed E-state index contributed by atoms with van der Waals surface area (Å²) in [7, 11) is 1.70. The summed E-state index contributed by atoms with van der Waals surface area (Å²) in [5.41, 5.74) is -0.158. The van der Waals surface area contributed by atoms with Gasteiger partial charge >= 0.3 is 0 Å². The van der Waals surface area contributed by atoms with E-state index < -0.39 is 0 Å². The zero-order chi connectivity index (χ0) is 8.74. The Morgan fingerprint density at radius 2 is 2.18 bits per heavy atom. The molecule has 0 saturated heterocycles. The molecule has 1 unspecified atom stereocenters. The first kappa shape index (κ1) is 10.7. The third kappa shape index (κ3) is 4.17. The van der Waals surface area contributed by atoms with Crippen molar-refractivity contribution < 1.29 is 9.84 Å². The average molecular weight is 158 g/mol. The second kappa shape index (κ2) is 5.33. The van der Waals surface area contributed by atoms with Crippen molar-refractivity contribution in [1.82, 2.24) is 0 Å². The van der Waals surface area contributed by atoms with Crippen molar-refractivity contribution in [3.63, 3.8) is 0 Å². The molecule has 0 aromatic heterocycles. The summed E-state index contributed by atoms with van der Waals surface area (Å²) in [6, 6.07) is 0. The summed E-state index contributed by atoms with van der Waals surface area (Å²) in [4.78, 5) is 0. The van der Waals surface area contributed by atoms with E-state index in [-0.39, 0.29) is 12.2 Å². The van der Waals surface area contributed by atoms with Gasteiger partial charge < -0.3 is 9.84 Å². The summed E-state index contributed by atoms with van der Waals surface area (Å²) < 4.78 is 5.27. The lowest BCUT2D eigenvalue weighted by Crippen LogP contribution is -2.22. The van der Waals surface area contributed by atoms with E-state index in [0.29, 0.717) is 6.42 Å². The number of methoxy groups -OCH3 is 1. The molecule has 0 saturated carbocycles. The van der Waals surface area contributed by atoms with Crippen LogP contribution in [0.1, 0.15) is 26.7 Å². The van der Waals surface area contributed by atoms with Crippen LogP contribution in [0.4, 0.5) is 0 Å². The van der Waals surface area contributed by atoms with Crippen molar-refractivity contribution in [2.45, 2.75) is 32.3 Å². The molecule has 0 bridgehead atoms. The normalized spacial score (nSPS) is 17.1. The van der Waals surface area contributed by atoms with Gasteiger partial charge in [0.05, 0.1) is 5.60 Å². The van der Waals surface area contributed by atoms with E-state index in [1.54, 1.807) is 7.11 Å². The summed E-state index contributed by atoms with van der Waals surface area (Å²) in [6.45, 7) is 4.31. The van der Waals surface area contributed by atoms with Gasteiger partial charge in [0.2, 0.25) is 0 Å². The first-order valence-corrected chi connectivity index (χ1v) is 4.02. The molecule has 0 aliphatic carbocycles. The van der Waals surface area contributed by atoms with Crippen molar-refractivity contribution in [3.05, 3.63) is 12.2 Å². The molecule has 0 amide bonds. The van der Waals surface area contributed by atoms with Crippen LogP contribution >= 0.6 is 0 Å². The van der Waals surface area contributed by atoms with Gasteiger partial charge in [-0.3, -0.25) is 0 Å². The van der Waals surface area contributed by atoms with Crippen LogP contribution < -0.4 is 0 Å². The largest absolute Gasteiger partial charge is 0.396 e. The maximum atomic E-state index is 8.52.